The summed E-state index contributed by atoms with van der Waals surface area (Å²) >= 11 is 0. The molecular weight excluding hydrogens is 202 g/mol. The molecule has 0 aliphatic carbocycles. The van der Waals surface area contributed by atoms with Gasteiger partial charge in [0, 0.05) is 31.9 Å². The number of rotatable bonds is 3. The van der Waals surface area contributed by atoms with Crippen LogP contribution in [-0.2, 0) is 11.2 Å². The van der Waals surface area contributed by atoms with Crippen molar-refractivity contribution in [1.29, 1.82) is 5.26 Å². The Balaban J connectivity index is 1.88. The Morgan fingerprint density at radius 1 is 1.50 bits per heavy atom. The van der Waals surface area contributed by atoms with Crippen LogP contribution >= 0.6 is 0 Å². The SMILES string of the molecule is N#CC1CC(=O)N(CCc2ccncc2)C1. The number of likely N-dealkylation sites (tertiary alicyclic amines) is 1. The minimum Gasteiger partial charge on any atom is -0.341 e. The molecule has 0 aromatic carbocycles. The molecule has 1 aromatic heterocycles. The fourth-order valence-electron chi connectivity index (χ4n) is 1.89. The van der Waals surface area contributed by atoms with E-state index in [1.807, 2.05) is 12.1 Å². The van der Waals surface area contributed by atoms with E-state index >= 15 is 0 Å². The third-order valence-electron chi connectivity index (χ3n) is 2.82. The zero-order chi connectivity index (χ0) is 11.4. The van der Waals surface area contributed by atoms with Crippen molar-refractivity contribution >= 4 is 5.91 Å². The molecule has 82 valence electrons. The van der Waals surface area contributed by atoms with Gasteiger partial charge in [-0.15, -0.1) is 0 Å². The van der Waals surface area contributed by atoms with Crippen molar-refractivity contribution < 1.29 is 4.79 Å². The number of carbonyl (C=O) groups is 1. The van der Waals surface area contributed by atoms with Crippen LogP contribution in [0.15, 0.2) is 24.5 Å². The topological polar surface area (TPSA) is 57.0 Å². The first-order valence-electron chi connectivity index (χ1n) is 5.36. The number of nitriles is 1. The summed E-state index contributed by atoms with van der Waals surface area (Å²) in [6, 6.07) is 6.04. The van der Waals surface area contributed by atoms with Gasteiger partial charge in [-0.3, -0.25) is 9.78 Å². The van der Waals surface area contributed by atoms with E-state index in [9.17, 15) is 4.79 Å². The van der Waals surface area contributed by atoms with Crippen molar-refractivity contribution in [3.63, 3.8) is 0 Å². The van der Waals surface area contributed by atoms with Crippen LogP contribution in [0.3, 0.4) is 0 Å². The highest BCUT2D eigenvalue weighted by atomic mass is 16.2. The fraction of sp³-hybridized carbons (Fsp3) is 0.417. The summed E-state index contributed by atoms with van der Waals surface area (Å²) in [6.45, 7) is 1.28. The lowest BCUT2D eigenvalue weighted by atomic mass is 10.1. The third-order valence-corrected chi connectivity index (χ3v) is 2.82. The van der Waals surface area contributed by atoms with Gasteiger partial charge >= 0.3 is 0 Å². The van der Waals surface area contributed by atoms with E-state index in [0.717, 1.165) is 6.42 Å². The van der Waals surface area contributed by atoms with E-state index in [-0.39, 0.29) is 11.8 Å². The van der Waals surface area contributed by atoms with Crippen molar-refractivity contribution in [3.05, 3.63) is 30.1 Å². The average molecular weight is 215 g/mol. The molecule has 1 saturated heterocycles. The second kappa shape index (κ2) is 4.75. The summed E-state index contributed by atoms with van der Waals surface area (Å²) in [5.74, 6) is -0.0226. The van der Waals surface area contributed by atoms with Crippen molar-refractivity contribution in [3.8, 4) is 6.07 Å². The molecule has 1 atom stereocenters. The number of amides is 1. The Morgan fingerprint density at radius 2 is 2.25 bits per heavy atom. The summed E-state index contributed by atoms with van der Waals surface area (Å²) < 4.78 is 0. The predicted molar refractivity (Wildman–Crippen MR) is 58.2 cm³/mol. The standard InChI is InChI=1S/C12H13N3O/c13-8-11-7-12(16)15(9-11)6-3-10-1-4-14-5-2-10/h1-2,4-5,11H,3,6-7,9H2. The summed E-state index contributed by atoms with van der Waals surface area (Å²) in [5.41, 5.74) is 1.17. The van der Waals surface area contributed by atoms with E-state index in [0.29, 0.717) is 19.5 Å². The molecule has 1 aliphatic rings. The maximum atomic E-state index is 11.5. The normalized spacial score (nSPS) is 19.8. The molecule has 0 spiro atoms. The van der Waals surface area contributed by atoms with Gasteiger partial charge in [-0.1, -0.05) is 0 Å². The van der Waals surface area contributed by atoms with Gasteiger partial charge in [0.1, 0.15) is 0 Å². The van der Waals surface area contributed by atoms with Crippen molar-refractivity contribution in [2.75, 3.05) is 13.1 Å². The predicted octanol–water partition coefficient (Wildman–Crippen LogP) is 0.996. The maximum absolute atomic E-state index is 11.5. The lowest BCUT2D eigenvalue weighted by Crippen LogP contribution is -2.27. The quantitative estimate of drug-likeness (QED) is 0.755. The van der Waals surface area contributed by atoms with Crippen molar-refractivity contribution in [2.24, 2.45) is 5.92 Å². The minimum atomic E-state index is -0.120. The molecular formula is C12H13N3O. The van der Waals surface area contributed by atoms with Crippen molar-refractivity contribution in [1.82, 2.24) is 9.88 Å². The number of hydrogen-bond acceptors (Lipinski definition) is 3. The molecule has 0 bridgehead atoms. The van der Waals surface area contributed by atoms with Gasteiger partial charge < -0.3 is 4.90 Å². The Bertz CT molecular complexity index is 410. The van der Waals surface area contributed by atoms with E-state index in [1.54, 1.807) is 17.3 Å². The number of aromatic nitrogens is 1. The first-order chi connectivity index (χ1) is 7.79. The van der Waals surface area contributed by atoms with Crippen LogP contribution in [0, 0.1) is 17.2 Å². The zero-order valence-electron chi connectivity index (χ0n) is 8.97. The molecule has 4 heteroatoms. The van der Waals surface area contributed by atoms with Crippen LogP contribution in [0.5, 0.6) is 0 Å². The highest BCUT2D eigenvalue weighted by Gasteiger charge is 2.28. The first-order valence-corrected chi connectivity index (χ1v) is 5.36. The molecule has 1 amide bonds. The molecule has 0 radical (unpaired) electrons. The molecule has 1 aliphatic heterocycles. The van der Waals surface area contributed by atoms with Crippen LogP contribution in [0.4, 0.5) is 0 Å². The van der Waals surface area contributed by atoms with E-state index < -0.39 is 0 Å². The first kappa shape index (κ1) is 10.6. The molecule has 2 rings (SSSR count). The molecule has 2 heterocycles. The molecule has 0 saturated carbocycles. The summed E-state index contributed by atoms with van der Waals surface area (Å²) in [6.07, 6.45) is 4.71. The number of nitrogens with zero attached hydrogens (tertiary/aromatic N) is 3. The van der Waals surface area contributed by atoms with Gasteiger partial charge in [-0.2, -0.15) is 5.26 Å². The van der Waals surface area contributed by atoms with E-state index in [2.05, 4.69) is 11.1 Å². The van der Waals surface area contributed by atoms with Crippen molar-refractivity contribution in [2.45, 2.75) is 12.8 Å². The summed E-state index contributed by atoms with van der Waals surface area (Å²) in [5, 5.41) is 8.75. The second-order valence-electron chi connectivity index (χ2n) is 3.98. The Hall–Kier alpha value is -1.89. The Morgan fingerprint density at radius 3 is 2.88 bits per heavy atom. The fourth-order valence-corrected chi connectivity index (χ4v) is 1.89. The minimum absolute atomic E-state index is 0.0978. The van der Waals surface area contributed by atoms with Crippen LogP contribution in [-0.4, -0.2) is 28.9 Å². The number of pyridine rings is 1. The van der Waals surface area contributed by atoms with Crippen LogP contribution in [0.1, 0.15) is 12.0 Å². The van der Waals surface area contributed by atoms with Crippen LogP contribution in [0.25, 0.3) is 0 Å². The van der Waals surface area contributed by atoms with Gasteiger partial charge in [-0.25, -0.2) is 0 Å². The van der Waals surface area contributed by atoms with Gasteiger partial charge in [0.15, 0.2) is 0 Å². The lowest BCUT2D eigenvalue weighted by Gasteiger charge is -2.15. The third kappa shape index (κ3) is 2.37. The largest absolute Gasteiger partial charge is 0.341 e. The van der Waals surface area contributed by atoms with Gasteiger partial charge in [0.25, 0.3) is 0 Å². The number of hydrogen-bond donors (Lipinski definition) is 0. The Labute approximate surface area is 94.5 Å². The molecule has 16 heavy (non-hydrogen) atoms. The molecule has 1 aromatic rings. The smallest absolute Gasteiger partial charge is 0.224 e. The van der Waals surface area contributed by atoms with Crippen LogP contribution < -0.4 is 0 Å². The lowest BCUT2D eigenvalue weighted by molar-refractivity contribution is -0.127. The zero-order valence-corrected chi connectivity index (χ0v) is 8.97. The molecule has 1 unspecified atom stereocenters. The van der Waals surface area contributed by atoms with Crippen LogP contribution in [0.2, 0.25) is 0 Å². The molecule has 0 N–H and O–H groups in total. The monoisotopic (exact) mass is 215 g/mol. The second-order valence-corrected chi connectivity index (χ2v) is 3.98. The average Bonchev–Trinajstić information content (AvgIpc) is 2.69. The summed E-state index contributed by atoms with van der Waals surface area (Å²) in [4.78, 5) is 17.2. The molecule has 4 nitrogen and oxygen atoms in total. The highest BCUT2D eigenvalue weighted by Crippen LogP contribution is 2.16. The highest BCUT2D eigenvalue weighted by molar-refractivity contribution is 5.79. The van der Waals surface area contributed by atoms with Gasteiger partial charge in [0.2, 0.25) is 5.91 Å². The van der Waals surface area contributed by atoms with E-state index in [4.69, 9.17) is 5.26 Å². The van der Waals surface area contributed by atoms with E-state index in [1.165, 1.54) is 5.56 Å². The van der Waals surface area contributed by atoms with Gasteiger partial charge in [-0.05, 0) is 24.1 Å². The molecule has 1 fully saturated rings. The summed E-state index contributed by atoms with van der Waals surface area (Å²) in [7, 11) is 0. The number of carbonyl (C=O) groups excluding carboxylic acids is 1. The maximum Gasteiger partial charge on any atom is 0.224 e. The van der Waals surface area contributed by atoms with Gasteiger partial charge in [0.05, 0.1) is 12.0 Å². The Kier molecular flexibility index (Phi) is 3.16.